The van der Waals surface area contributed by atoms with Crippen molar-refractivity contribution in [2.24, 2.45) is 5.92 Å². The van der Waals surface area contributed by atoms with Crippen molar-refractivity contribution in [2.75, 3.05) is 19.7 Å². The zero-order valence-corrected chi connectivity index (χ0v) is 17.5. The smallest absolute Gasteiger partial charge is 0.124 e. The van der Waals surface area contributed by atoms with Gasteiger partial charge in [0, 0.05) is 30.6 Å². The maximum atomic E-state index is 11.5. The quantitative estimate of drug-likeness (QED) is 0.709. The molecular formula is C26H33NO2. The zero-order valence-electron chi connectivity index (χ0n) is 17.5. The van der Waals surface area contributed by atoms with E-state index in [2.05, 4.69) is 59.5 Å². The minimum atomic E-state index is -0.540. The molecule has 29 heavy (non-hydrogen) atoms. The van der Waals surface area contributed by atoms with Gasteiger partial charge in [-0.1, -0.05) is 73.5 Å². The molecule has 0 aromatic heterocycles. The van der Waals surface area contributed by atoms with Crippen LogP contribution in [-0.4, -0.2) is 35.3 Å². The molecule has 2 fully saturated rings. The lowest BCUT2D eigenvalue weighted by Crippen LogP contribution is -2.54. The molecule has 1 aliphatic carbocycles. The van der Waals surface area contributed by atoms with Gasteiger partial charge in [-0.2, -0.15) is 0 Å². The van der Waals surface area contributed by atoms with Crippen LogP contribution in [0.1, 0.15) is 56.2 Å². The highest BCUT2D eigenvalue weighted by Gasteiger charge is 2.49. The second-order valence-electron chi connectivity index (χ2n) is 8.43. The first kappa shape index (κ1) is 20.2. The molecule has 1 saturated carbocycles. The maximum absolute atomic E-state index is 11.5. The number of piperidine rings is 1. The van der Waals surface area contributed by atoms with E-state index >= 15 is 0 Å². The summed E-state index contributed by atoms with van der Waals surface area (Å²) in [7, 11) is 0. The fourth-order valence-corrected chi connectivity index (χ4v) is 5.26. The van der Waals surface area contributed by atoms with E-state index in [1.165, 1.54) is 17.5 Å². The largest absolute Gasteiger partial charge is 0.494 e. The Hall–Kier alpha value is -2.10. The van der Waals surface area contributed by atoms with E-state index in [1.807, 2.05) is 19.1 Å². The molecule has 1 aliphatic heterocycles. The summed E-state index contributed by atoms with van der Waals surface area (Å²) in [6, 6.07) is 19.1. The summed E-state index contributed by atoms with van der Waals surface area (Å²) >= 11 is 0. The van der Waals surface area contributed by atoms with E-state index in [0.717, 1.165) is 44.5 Å². The average Bonchev–Trinajstić information content (AvgIpc) is 2.75. The Morgan fingerprint density at radius 2 is 1.86 bits per heavy atom. The van der Waals surface area contributed by atoms with Crippen LogP contribution in [0.5, 0.6) is 5.75 Å². The molecule has 154 valence electrons. The second kappa shape index (κ2) is 9.15. The Balaban J connectivity index is 1.63. The van der Waals surface area contributed by atoms with Crippen molar-refractivity contribution >= 4 is 6.08 Å². The predicted molar refractivity (Wildman–Crippen MR) is 119 cm³/mol. The molecule has 3 atom stereocenters. The Labute approximate surface area is 175 Å². The van der Waals surface area contributed by atoms with Crippen LogP contribution in [0.4, 0.5) is 0 Å². The minimum absolute atomic E-state index is 0.192. The van der Waals surface area contributed by atoms with E-state index < -0.39 is 5.60 Å². The number of para-hydroxylation sites is 1. The number of likely N-dealkylation sites (tertiary alicyclic amines) is 1. The monoisotopic (exact) mass is 391 g/mol. The fourth-order valence-electron chi connectivity index (χ4n) is 5.26. The summed E-state index contributed by atoms with van der Waals surface area (Å²) in [5.74, 6) is 1.23. The van der Waals surface area contributed by atoms with Crippen LogP contribution in [-0.2, 0) is 0 Å². The number of hydrogen-bond donors (Lipinski definition) is 1. The normalized spacial score (nSPS) is 27.7. The van der Waals surface area contributed by atoms with E-state index in [1.54, 1.807) is 0 Å². The van der Waals surface area contributed by atoms with Crippen molar-refractivity contribution in [3.63, 3.8) is 0 Å². The number of hydrogen-bond acceptors (Lipinski definition) is 3. The number of aliphatic hydroxyl groups is 1. The van der Waals surface area contributed by atoms with Crippen LogP contribution in [0, 0.1) is 5.92 Å². The molecule has 2 aromatic rings. The van der Waals surface area contributed by atoms with Crippen LogP contribution in [0.2, 0.25) is 0 Å². The van der Waals surface area contributed by atoms with Gasteiger partial charge in [-0.25, -0.2) is 0 Å². The Bertz CT molecular complexity index is 818. The van der Waals surface area contributed by atoms with Crippen molar-refractivity contribution in [1.82, 2.24) is 4.90 Å². The summed E-state index contributed by atoms with van der Waals surface area (Å²) in [4.78, 5) is 2.54. The van der Waals surface area contributed by atoms with Crippen molar-refractivity contribution in [2.45, 2.75) is 50.7 Å². The van der Waals surface area contributed by atoms with Crippen LogP contribution in [0.25, 0.3) is 6.08 Å². The van der Waals surface area contributed by atoms with E-state index in [-0.39, 0.29) is 12.0 Å². The van der Waals surface area contributed by atoms with Gasteiger partial charge in [0.2, 0.25) is 0 Å². The molecule has 1 N–H and O–H groups in total. The van der Waals surface area contributed by atoms with E-state index in [9.17, 15) is 5.11 Å². The molecule has 0 amide bonds. The first-order valence-electron chi connectivity index (χ1n) is 11.1. The van der Waals surface area contributed by atoms with Gasteiger partial charge in [0.15, 0.2) is 0 Å². The zero-order chi connectivity index (χ0) is 20.1. The van der Waals surface area contributed by atoms with Gasteiger partial charge in [0.1, 0.15) is 5.75 Å². The number of benzene rings is 2. The summed E-state index contributed by atoms with van der Waals surface area (Å²) in [5, 5.41) is 11.5. The summed E-state index contributed by atoms with van der Waals surface area (Å²) in [6.45, 7) is 4.49. The molecule has 0 unspecified atom stereocenters. The minimum Gasteiger partial charge on any atom is -0.494 e. The van der Waals surface area contributed by atoms with Gasteiger partial charge in [-0.05, 0) is 37.8 Å². The first-order valence-corrected chi connectivity index (χ1v) is 11.1. The second-order valence-corrected chi connectivity index (χ2v) is 8.43. The third-order valence-electron chi connectivity index (χ3n) is 6.66. The van der Waals surface area contributed by atoms with E-state index in [0.29, 0.717) is 6.61 Å². The average molecular weight is 392 g/mol. The standard InChI is InChI=1S/C26H33NO2/c1-2-29-24-16-7-6-14-22(24)25-23-15-8-9-17-26(23,28)18-20-27(25)19-10-13-21-11-4-3-5-12-21/h3-7,10-14,16,23,25,28H,2,8-9,15,17-20H2,1H3/b13-10+/t23-,25-,26+/m1/s1. The Morgan fingerprint density at radius 3 is 2.69 bits per heavy atom. The molecule has 0 spiro atoms. The van der Waals surface area contributed by atoms with Gasteiger partial charge in [-0.3, -0.25) is 4.90 Å². The molecule has 1 heterocycles. The van der Waals surface area contributed by atoms with E-state index in [4.69, 9.17) is 4.74 Å². The molecule has 4 rings (SSSR count). The molecule has 3 nitrogen and oxygen atoms in total. The third kappa shape index (κ3) is 4.41. The first-order chi connectivity index (χ1) is 14.2. The molecule has 0 bridgehead atoms. The van der Waals surface area contributed by atoms with Crippen LogP contribution in [0.3, 0.4) is 0 Å². The Morgan fingerprint density at radius 1 is 1.07 bits per heavy atom. The lowest BCUT2D eigenvalue weighted by Gasteiger charge is -2.52. The van der Waals surface area contributed by atoms with Gasteiger partial charge in [0.25, 0.3) is 0 Å². The SMILES string of the molecule is CCOc1ccccc1[C@@H]1[C@H]2CCCC[C@]2(O)CCN1C/C=C/c1ccccc1. The number of nitrogens with zero attached hydrogens (tertiary/aromatic N) is 1. The molecule has 2 aliphatic rings. The van der Waals surface area contributed by atoms with Crippen molar-refractivity contribution < 1.29 is 9.84 Å². The maximum Gasteiger partial charge on any atom is 0.124 e. The molecular weight excluding hydrogens is 358 g/mol. The highest BCUT2D eigenvalue weighted by atomic mass is 16.5. The van der Waals surface area contributed by atoms with Crippen LogP contribution in [0.15, 0.2) is 60.7 Å². The number of ether oxygens (including phenoxy) is 1. The third-order valence-corrected chi connectivity index (χ3v) is 6.66. The van der Waals surface area contributed by atoms with Gasteiger partial charge < -0.3 is 9.84 Å². The highest BCUT2D eigenvalue weighted by molar-refractivity contribution is 5.49. The molecule has 1 saturated heterocycles. The number of rotatable bonds is 6. The van der Waals surface area contributed by atoms with Crippen molar-refractivity contribution in [3.05, 3.63) is 71.8 Å². The lowest BCUT2D eigenvalue weighted by atomic mass is 9.66. The molecule has 0 radical (unpaired) electrons. The van der Waals surface area contributed by atoms with Gasteiger partial charge >= 0.3 is 0 Å². The summed E-state index contributed by atoms with van der Waals surface area (Å²) in [5.41, 5.74) is 1.92. The topological polar surface area (TPSA) is 32.7 Å². The fraction of sp³-hybridized carbons (Fsp3) is 0.462. The predicted octanol–water partition coefficient (Wildman–Crippen LogP) is 5.47. The van der Waals surface area contributed by atoms with Crippen molar-refractivity contribution in [1.29, 1.82) is 0 Å². The van der Waals surface area contributed by atoms with Gasteiger partial charge in [0.05, 0.1) is 12.2 Å². The van der Waals surface area contributed by atoms with Crippen LogP contribution < -0.4 is 4.74 Å². The van der Waals surface area contributed by atoms with Crippen molar-refractivity contribution in [3.8, 4) is 5.75 Å². The number of fused-ring (bicyclic) bond motifs is 1. The lowest BCUT2D eigenvalue weighted by molar-refractivity contribution is -0.122. The molecule has 2 aromatic carbocycles. The summed E-state index contributed by atoms with van der Waals surface area (Å²) in [6.07, 6.45) is 9.68. The Kier molecular flexibility index (Phi) is 6.37. The highest BCUT2D eigenvalue weighted by Crippen LogP contribution is 2.50. The molecule has 3 heteroatoms. The van der Waals surface area contributed by atoms with Crippen LogP contribution >= 0.6 is 0 Å². The summed E-state index contributed by atoms with van der Waals surface area (Å²) < 4.78 is 6.00. The van der Waals surface area contributed by atoms with Gasteiger partial charge in [-0.15, -0.1) is 0 Å².